The van der Waals surface area contributed by atoms with E-state index in [1.807, 2.05) is 0 Å². The molecule has 1 aromatic carbocycles. The zero-order valence-electron chi connectivity index (χ0n) is 17.2. The lowest BCUT2D eigenvalue weighted by Crippen LogP contribution is -2.42. The molecule has 1 aliphatic heterocycles. The predicted molar refractivity (Wildman–Crippen MR) is 120 cm³/mol. The molecule has 2 N–H and O–H groups in total. The normalized spacial score (nSPS) is 16.9. The van der Waals surface area contributed by atoms with E-state index in [0.29, 0.717) is 47.6 Å². The Hall–Kier alpha value is -2.03. The number of likely N-dealkylation sites (tertiary alicyclic amines) is 1. The summed E-state index contributed by atoms with van der Waals surface area (Å²) < 4.78 is 0. The molecule has 1 unspecified atom stereocenters. The summed E-state index contributed by atoms with van der Waals surface area (Å²) in [6.45, 7) is 4.98. The molecule has 0 spiro atoms. The maximum Gasteiger partial charge on any atom is 0.286 e. The van der Waals surface area contributed by atoms with Crippen molar-refractivity contribution in [3.05, 3.63) is 39.3 Å². The largest absolute Gasteiger partial charge is 0.355 e. The molecule has 7 nitrogen and oxygen atoms in total. The number of benzene rings is 1. The number of carbonyl (C=O) groups excluding carboxylic acids is 2. The maximum atomic E-state index is 12.3. The van der Waals surface area contributed by atoms with Crippen molar-refractivity contribution in [2.45, 2.75) is 51.5 Å². The van der Waals surface area contributed by atoms with Crippen molar-refractivity contribution >= 4 is 40.4 Å². The Balaban J connectivity index is 1.34. The third kappa shape index (κ3) is 7.04. The van der Waals surface area contributed by atoms with Crippen molar-refractivity contribution < 1.29 is 9.59 Å². The van der Waals surface area contributed by atoms with Gasteiger partial charge in [-0.2, -0.15) is 0 Å². The van der Waals surface area contributed by atoms with E-state index >= 15 is 0 Å². The summed E-state index contributed by atoms with van der Waals surface area (Å²) >= 11 is 7.17. The van der Waals surface area contributed by atoms with Gasteiger partial charge in [-0.05, 0) is 50.9 Å². The van der Waals surface area contributed by atoms with Crippen LogP contribution in [0.2, 0.25) is 5.02 Å². The van der Waals surface area contributed by atoms with Crippen LogP contribution in [0.15, 0.2) is 24.3 Å². The van der Waals surface area contributed by atoms with Crippen molar-refractivity contribution in [2.75, 3.05) is 25.0 Å². The van der Waals surface area contributed by atoms with Crippen LogP contribution in [0.3, 0.4) is 0 Å². The lowest BCUT2D eigenvalue weighted by molar-refractivity contribution is -0.121. The van der Waals surface area contributed by atoms with Crippen molar-refractivity contribution in [3.63, 3.8) is 0 Å². The summed E-state index contributed by atoms with van der Waals surface area (Å²) in [5, 5.41) is 15.4. The fraction of sp³-hybridized carbons (Fsp3) is 0.524. The Labute approximate surface area is 186 Å². The van der Waals surface area contributed by atoms with Gasteiger partial charge in [-0.25, -0.2) is 0 Å². The Kier molecular flexibility index (Phi) is 8.60. The molecule has 1 saturated heterocycles. The van der Waals surface area contributed by atoms with Gasteiger partial charge in [0.25, 0.3) is 5.91 Å². The summed E-state index contributed by atoms with van der Waals surface area (Å²) in [5.41, 5.74) is 0.611. The standard InChI is InChI=1S/C21H28ClN5O2S/c1-15-6-2-3-12-27(15)13-11-23-18(28)9-5-10-19-25-26-21(30-19)20(29)24-17-8-4-7-16(22)14-17/h4,7-8,14-15H,2-3,5-6,9-13H2,1H3,(H,23,28)(H,24,29). The second kappa shape index (κ2) is 11.4. The Morgan fingerprint density at radius 1 is 1.30 bits per heavy atom. The Morgan fingerprint density at radius 3 is 2.97 bits per heavy atom. The average molecular weight is 450 g/mol. The number of piperidine rings is 1. The molecule has 1 atom stereocenters. The zero-order chi connectivity index (χ0) is 21.3. The van der Waals surface area contributed by atoms with Gasteiger partial charge < -0.3 is 10.6 Å². The molecule has 1 aliphatic rings. The average Bonchev–Trinajstić information content (AvgIpc) is 3.19. The van der Waals surface area contributed by atoms with Gasteiger partial charge in [0.1, 0.15) is 5.01 Å². The molecular formula is C21H28ClN5O2S. The molecular weight excluding hydrogens is 422 g/mol. The van der Waals surface area contributed by atoms with Crippen LogP contribution in [0.4, 0.5) is 5.69 Å². The molecule has 0 aliphatic carbocycles. The molecule has 30 heavy (non-hydrogen) atoms. The fourth-order valence-electron chi connectivity index (χ4n) is 3.51. The molecule has 0 saturated carbocycles. The molecule has 9 heteroatoms. The number of halogens is 1. The highest BCUT2D eigenvalue weighted by molar-refractivity contribution is 7.13. The van der Waals surface area contributed by atoms with Gasteiger partial charge in [-0.15, -0.1) is 10.2 Å². The minimum atomic E-state index is -0.314. The van der Waals surface area contributed by atoms with Crippen LogP contribution < -0.4 is 10.6 Å². The molecule has 1 aromatic heterocycles. The van der Waals surface area contributed by atoms with Gasteiger partial charge >= 0.3 is 0 Å². The second-order valence-electron chi connectivity index (χ2n) is 7.55. The molecule has 0 bridgehead atoms. The van der Waals surface area contributed by atoms with Gasteiger partial charge in [0, 0.05) is 42.7 Å². The minimum absolute atomic E-state index is 0.0584. The number of amides is 2. The van der Waals surface area contributed by atoms with Gasteiger partial charge in [0.05, 0.1) is 0 Å². The van der Waals surface area contributed by atoms with E-state index in [9.17, 15) is 9.59 Å². The van der Waals surface area contributed by atoms with Crippen molar-refractivity contribution in [2.24, 2.45) is 0 Å². The highest BCUT2D eigenvalue weighted by Crippen LogP contribution is 2.18. The maximum absolute atomic E-state index is 12.3. The molecule has 0 radical (unpaired) electrons. The number of nitrogens with one attached hydrogen (secondary N) is 2. The van der Waals surface area contributed by atoms with Crippen LogP contribution in [-0.2, 0) is 11.2 Å². The molecule has 2 heterocycles. The van der Waals surface area contributed by atoms with Crippen LogP contribution in [0.5, 0.6) is 0 Å². The number of aromatic nitrogens is 2. The van der Waals surface area contributed by atoms with Crippen LogP contribution in [0, 0.1) is 0 Å². The molecule has 1 fully saturated rings. The third-order valence-corrected chi connectivity index (χ3v) is 6.42. The first-order valence-electron chi connectivity index (χ1n) is 10.4. The third-order valence-electron chi connectivity index (χ3n) is 5.20. The summed E-state index contributed by atoms with van der Waals surface area (Å²) in [6.07, 6.45) is 5.54. The van der Waals surface area contributed by atoms with E-state index in [0.717, 1.165) is 18.1 Å². The second-order valence-corrected chi connectivity index (χ2v) is 9.05. The van der Waals surface area contributed by atoms with Crippen molar-refractivity contribution in [1.29, 1.82) is 0 Å². The van der Waals surface area contributed by atoms with Crippen molar-refractivity contribution in [1.82, 2.24) is 20.4 Å². The van der Waals surface area contributed by atoms with E-state index in [2.05, 4.69) is 32.7 Å². The summed E-state index contributed by atoms with van der Waals surface area (Å²) in [7, 11) is 0. The number of nitrogens with zero attached hydrogens (tertiary/aromatic N) is 3. The van der Waals surface area contributed by atoms with Gasteiger partial charge in [-0.1, -0.05) is 35.4 Å². The first-order chi connectivity index (χ1) is 14.5. The fourth-order valence-corrected chi connectivity index (χ4v) is 4.48. The number of rotatable bonds is 9. The monoisotopic (exact) mass is 449 g/mol. The van der Waals surface area contributed by atoms with E-state index in [1.54, 1.807) is 24.3 Å². The number of anilines is 1. The van der Waals surface area contributed by atoms with E-state index in [4.69, 9.17) is 11.6 Å². The highest BCUT2D eigenvalue weighted by atomic mass is 35.5. The molecule has 2 aromatic rings. The van der Waals surface area contributed by atoms with Crippen LogP contribution >= 0.6 is 22.9 Å². The van der Waals surface area contributed by atoms with Gasteiger partial charge in [-0.3, -0.25) is 14.5 Å². The SMILES string of the molecule is CC1CCCCN1CCNC(=O)CCCc1nnc(C(=O)Nc2cccc(Cl)c2)s1. The van der Waals surface area contributed by atoms with Gasteiger partial charge in [0.15, 0.2) is 0 Å². The number of aryl methyl sites for hydroxylation is 1. The van der Waals surface area contributed by atoms with E-state index in [1.165, 1.54) is 30.6 Å². The first-order valence-corrected chi connectivity index (χ1v) is 11.6. The highest BCUT2D eigenvalue weighted by Gasteiger charge is 2.17. The number of carbonyl (C=O) groups is 2. The summed E-state index contributed by atoms with van der Waals surface area (Å²) in [4.78, 5) is 26.8. The Bertz CT molecular complexity index is 859. The van der Waals surface area contributed by atoms with Crippen LogP contribution in [0.25, 0.3) is 0 Å². The Morgan fingerprint density at radius 2 is 2.17 bits per heavy atom. The molecule has 2 amide bonds. The van der Waals surface area contributed by atoms with E-state index in [-0.39, 0.29) is 11.8 Å². The van der Waals surface area contributed by atoms with Crippen LogP contribution in [0.1, 0.15) is 53.8 Å². The molecule has 162 valence electrons. The number of hydrogen-bond acceptors (Lipinski definition) is 6. The van der Waals surface area contributed by atoms with Gasteiger partial charge in [0.2, 0.25) is 10.9 Å². The topological polar surface area (TPSA) is 87.2 Å². The first kappa shape index (κ1) is 22.7. The number of hydrogen-bond donors (Lipinski definition) is 2. The lowest BCUT2D eigenvalue weighted by Gasteiger charge is -2.33. The van der Waals surface area contributed by atoms with Crippen LogP contribution in [-0.4, -0.2) is 52.6 Å². The summed E-state index contributed by atoms with van der Waals surface area (Å²) in [6, 6.07) is 7.55. The minimum Gasteiger partial charge on any atom is -0.355 e. The smallest absolute Gasteiger partial charge is 0.286 e. The summed E-state index contributed by atoms with van der Waals surface area (Å²) in [5.74, 6) is -0.256. The molecule has 3 rings (SSSR count). The zero-order valence-corrected chi connectivity index (χ0v) is 18.8. The van der Waals surface area contributed by atoms with E-state index < -0.39 is 0 Å². The predicted octanol–water partition coefficient (Wildman–Crippen LogP) is 3.76. The lowest BCUT2D eigenvalue weighted by atomic mass is 10.0. The van der Waals surface area contributed by atoms with Crippen molar-refractivity contribution in [3.8, 4) is 0 Å². The quantitative estimate of drug-likeness (QED) is 0.608.